The second-order valence-corrected chi connectivity index (χ2v) is 10.8. The summed E-state index contributed by atoms with van der Waals surface area (Å²) in [4.78, 5) is 16.3. The Kier molecular flexibility index (Phi) is 8.70. The van der Waals surface area contributed by atoms with Gasteiger partial charge in [-0.2, -0.15) is 5.10 Å². The Hall–Kier alpha value is -4.23. The topological polar surface area (TPSA) is 126 Å². The van der Waals surface area contributed by atoms with Gasteiger partial charge in [-0.3, -0.25) is 4.68 Å². The van der Waals surface area contributed by atoms with E-state index in [0.717, 1.165) is 55.8 Å². The predicted octanol–water partition coefficient (Wildman–Crippen LogP) is 4.11. The molecule has 43 heavy (non-hydrogen) atoms. The molecule has 0 amide bonds. The molecule has 1 saturated heterocycles. The molecule has 4 bridgehead atoms. The first-order chi connectivity index (χ1) is 21.0. The number of rotatable bonds is 7. The van der Waals surface area contributed by atoms with E-state index in [1.807, 2.05) is 33.2 Å². The average molecular weight is 590 g/mol. The van der Waals surface area contributed by atoms with Crippen molar-refractivity contribution in [1.29, 1.82) is 0 Å². The van der Waals surface area contributed by atoms with Crippen LogP contribution in [-0.4, -0.2) is 92.1 Å². The molecular formula is C30H39N9O4. The van der Waals surface area contributed by atoms with E-state index >= 15 is 0 Å². The molecule has 2 aliphatic rings. The zero-order chi connectivity index (χ0) is 29.8. The molecular weight excluding hydrogens is 550 g/mol. The van der Waals surface area contributed by atoms with Gasteiger partial charge in [0, 0.05) is 70.4 Å². The highest BCUT2D eigenvalue weighted by atomic mass is 16.5. The quantitative estimate of drug-likeness (QED) is 0.335. The Balaban J connectivity index is 1.32. The van der Waals surface area contributed by atoms with Crippen molar-refractivity contribution in [3.05, 3.63) is 36.9 Å². The molecule has 2 aliphatic heterocycles. The number of hydrogen-bond acceptors (Lipinski definition) is 11. The first kappa shape index (κ1) is 28.9. The SMILES string of the molecule is CCOc1nn(C2CCN(CCOC)CC2)cc1-c1cnc2cc1O[C@@H](C)CCOc1c(cnn1C)-c1nccc(n1)N2. The summed E-state index contributed by atoms with van der Waals surface area (Å²) in [6.45, 7) is 8.66. The lowest BCUT2D eigenvalue weighted by molar-refractivity contribution is 0.119. The minimum absolute atomic E-state index is 0.148. The van der Waals surface area contributed by atoms with Gasteiger partial charge in [-0.25, -0.2) is 19.6 Å². The normalized spacial score (nSPS) is 17.7. The fraction of sp³-hybridized carbons (Fsp3) is 0.500. The van der Waals surface area contributed by atoms with Gasteiger partial charge in [0.2, 0.25) is 11.8 Å². The van der Waals surface area contributed by atoms with E-state index in [1.165, 1.54) is 0 Å². The van der Waals surface area contributed by atoms with E-state index in [0.29, 0.717) is 54.6 Å². The first-order valence-corrected chi connectivity index (χ1v) is 14.9. The number of hydrogen-bond donors (Lipinski definition) is 1. The minimum Gasteiger partial charge on any atom is -0.490 e. The molecule has 0 unspecified atom stereocenters. The maximum atomic E-state index is 6.55. The molecule has 4 aromatic heterocycles. The Labute approximate surface area is 251 Å². The molecule has 1 fully saturated rings. The second kappa shape index (κ2) is 13.0. The zero-order valence-corrected chi connectivity index (χ0v) is 25.2. The summed E-state index contributed by atoms with van der Waals surface area (Å²) >= 11 is 0. The minimum atomic E-state index is -0.148. The molecule has 6 heterocycles. The number of piperidine rings is 1. The van der Waals surface area contributed by atoms with Crippen LogP contribution < -0.4 is 19.5 Å². The lowest BCUT2D eigenvalue weighted by Gasteiger charge is -2.31. The highest BCUT2D eigenvalue weighted by Gasteiger charge is 2.26. The highest BCUT2D eigenvalue weighted by Crippen LogP contribution is 2.39. The van der Waals surface area contributed by atoms with Gasteiger partial charge in [0.1, 0.15) is 22.9 Å². The summed E-state index contributed by atoms with van der Waals surface area (Å²) in [7, 11) is 3.59. The number of anilines is 2. The molecule has 0 aliphatic carbocycles. The second-order valence-electron chi connectivity index (χ2n) is 10.8. The van der Waals surface area contributed by atoms with Crippen molar-refractivity contribution in [2.75, 3.05) is 51.9 Å². The maximum absolute atomic E-state index is 6.55. The zero-order valence-electron chi connectivity index (χ0n) is 25.2. The summed E-state index contributed by atoms with van der Waals surface area (Å²) in [6.07, 6.45) is 9.82. The Morgan fingerprint density at radius 3 is 2.74 bits per heavy atom. The largest absolute Gasteiger partial charge is 0.490 e. The summed E-state index contributed by atoms with van der Waals surface area (Å²) < 4.78 is 27.8. The van der Waals surface area contributed by atoms with E-state index in [4.69, 9.17) is 34.0 Å². The van der Waals surface area contributed by atoms with Gasteiger partial charge in [-0.05, 0) is 32.8 Å². The summed E-state index contributed by atoms with van der Waals surface area (Å²) in [5.74, 6) is 3.57. The molecule has 1 N–H and O–H groups in total. The van der Waals surface area contributed by atoms with Gasteiger partial charge in [0.25, 0.3) is 0 Å². The third kappa shape index (κ3) is 6.42. The lowest BCUT2D eigenvalue weighted by Crippen LogP contribution is -2.36. The van der Waals surface area contributed by atoms with Gasteiger partial charge >= 0.3 is 0 Å². The van der Waals surface area contributed by atoms with E-state index in [9.17, 15) is 0 Å². The van der Waals surface area contributed by atoms with E-state index in [1.54, 1.807) is 30.3 Å². The molecule has 228 valence electrons. The van der Waals surface area contributed by atoms with Crippen molar-refractivity contribution < 1.29 is 18.9 Å². The Bertz CT molecular complexity index is 1530. The van der Waals surface area contributed by atoms with Crippen molar-refractivity contribution in [2.24, 2.45) is 7.05 Å². The molecule has 13 nitrogen and oxygen atoms in total. The van der Waals surface area contributed by atoms with Gasteiger partial charge in [-0.1, -0.05) is 0 Å². The number of methoxy groups -OCH3 is 1. The summed E-state index contributed by atoms with van der Waals surface area (Å²) in [5, 5.41) is 12.6. The molecule has 6 rings (SSSR count). The Morgan fingerprint density at radius 1 is 1.07 bits per heavy atom. The number of likely N-dealkylation sites (tertiary alicyclic amines) is 1. The molecule has 0 saturated carbocycles. The number of nitrogens with zero attached hydrogens (tertiary/aromatic N) is 8. The standard InChI is InChI=1S/C30H39N9O4/c1-5-41-29-24(19-39(36-29)21-7-11-38(12-8-21)13-15-40-4)22-17-32-27-16-25(22)43-20(2)9-14-42-30-23(18-33-37(30)3)28-31-10-6-26(34-27)35-28/h6,10,16-21H,5,7-9,11-15H2,1-4H3,(H,31,32,34,35)/t20-/m0/s1. The highest BCUT2D eigenvalue weighted by molar-refractivity contribution is 5.75. The van der Waals surface area contributed by atoms with Crippen LogP contribution in [0.15, 0.2) is 36.9 Å². The van der Waals surface area contributed by atoms with Crippen molar-refractivity contribution in [3.63, 3.8) is 0 Å². The molecule has 0 radical (unpaired) electrons. The smallest absolute Gasteiger partial charge is 0.240 e. The fourth-order valence-corrected chi connectivity index (χ4v) is 5.46. The van der Waals surface area contributed by atoms with Crippen LogP contribution in [0, 0.1) is 0 Å². The van der Waals surface area contributed by atoms with Crippen molar-refractivity contribution in [2.45, 2.75) is 45.3 Å². The molecule has 13 heteroatoms. The summed E-state index contributed by atoms with van der Waals surface area (Å²) in [6, 6.07) is 3.98. The van der Waals surface area contributed by atoms with Crippen LogP contribution in [0.4, 0.5) is 11.6 Å². The van der Waals surface area contributed by atoms with Gasteiger partial charge < -0.3 is 29.2 Å². The van der Waals surface area contributed by atoms with Crippen LogP contribution in [0.1, 0.15) is 39.2 Å². The fourth-order valence-electron chi connectivity index (χ4n) is 5.46. The monoisotopic (exact) mass is 589 g/mol. The number of ether oxygens (including phenoxy) is 4. The van der Waals surface area contributed by atoms with Crippen LogP contribution in [0.2, 0.25) is 0 Å². The van der Waals surface area contributed by atoms with E-state index in [2.05, 4.69) is 31.2 Å². The first-order valence-electron chi connectivity index (χ1n) is 14.9. The van der Waals surface area contributed by atoms with E-state index in [-0.39, 0.29) is 12.1 Å². The third-order valence-corrected chi connectivity index (χ3v) is 7.81. The van der Waals surface area contributed by atoms with Crippen LogP contribution >= 0.6 is 0 Å². The van der Waals surface area contributed by atoms with Crippen LogP contribution in [0.5, 0.6) is 17.5 Å². The van der Waals surface area contributed by atoms with Crippen molar-refractivity contribution in [1.82, 2.24) is 39.4 Å². The van der Waals surface area contributed by atoms with Gasteiger partial charge in [0.15, 0.2) is 5.82 Å². The summed E-state index contributed by atoms with van der Waals surface area (Å²) in [5.41, 5.74) is 2.39. The van der Waals surface area contributed by atoms with Crippen molar-refractivity contribution >= 4 is 11.6 Å². The van der Waals surface area contributed by atoms with Crippen LogP contribution in [0.25, 0.3) is 22.5 Å². The lowest BCUT2D eigenvalue weighted by atomic mass is 10.1. The number of aryl methyl sites for hydroxylation is 1. The Morgan fingerprint density at radius 2 is 1.93 bits per heavy atom. The number of pyridine rings is 1. The molecule has 4 aromatic rings. The van der Waals surface area contributed by atoms with E-state index < -0.39 is 0 Å². The maximum Gasteiger partial charge on any atom is 0.240 e. The predicted molar refractivity (Wildman–Crippen MR) is 161 cm³/mol. The molecule has 0 spiro atoms. The number of fused-ring (bicyclic) bond motifs is 6. The van der Waals surface area contributed by atoms with Gasteiger partial charge in [0.05, 0.1) is 43.7 Å². The van der Waals surface area contributed by atoms with Crippen molar-refractivity contribution in [3.8, 4) is 40.0 Å². The van der Waals surface area contributed by atoms with Gasteiger partial charge in [-0.15, -0.1) is 5.10 Å². The third-order valence-electron chi connectivity index (χ3n) is 7.81. The van der Waals surface area contributed by atoms with Crippen LogP contribution in [-0.2, 0) is 11.8 Å². The molecule has 0 aromatic carbocycles. The number of nitrogens with one attached hydrogen (secondary N) is 1. The number of aromatic nitrogens is 7. The average Bonchev–Trinajstić information content (AvgIpc) is 3.60. The van der Waals surface area contributed by atoms with Crippen LogP contribution in [0.3, 0.4) is 0 Å². The molecule has 1 atom stereocenters.